The summed E-state index contributed by atoms with van der Waals surface area (Å²) in [6.07, 6.45) is 2.56. The molecule has 0 spiro atoms. The van der Waals surface area contributed by atoms with Crippen molar-refractivity contribution in [3.8, 4) is 0 Å². The molecule has 4 heteroatoms. The van der Waals surface area contributed by atoms with Crippen LogP contribution in [-0.2, 0) is 11.3 Å². The fourth-order valence-electron chi connectivity index (χ4n) is 1.99. The van der Waals surface area contributed by atoms with Gasteiger partial charge in [-0.05, 0) is 43.0 Å². The smallest absolute Gasteiger partial charge is 0.0717 e. The summed E-state index contributed by atoms with van der Waals surface area (Å²) in [6, 6.07) is 7.84. The minimum Gasteiger partial charge on any atom is -0.376 e. The summed E-state index contributed by atoms with van der Waals surface area (Å²) >= 11 is 5.82. The zero-order valence-electron chi connectivity index (χ0n) is 9.82. The van der Waals surface area contributed by atoms with Crippen molar-refractivity contribution in [3.05, 3.63) is 34.9 Å². The maximum atomic E-state index is 5.82. The number of halogens is 2. The molecule has 1 N–H and O–H groups in total. The van der Waals surface area contributed by atoms with Gasteiger partial charge < -0.3 is 10.1 Å². The van der Waals surface area contributed by atoms with Gasteiger partial charge in [0.05, 0.1) is 13.2 Å². The predicted molar refractivity (Wildman–Crippen MR) is 73.9 cm³/mol. The molecule has 1 saturated heterocycles. The topological polar surface area (TPSA) is 21.3 Å². The van der Waals surface area contributed by atoms with Crippen LogP contribution in [0.4, 0.5) is 0 Å². The molecule has 0 bridgehead atoms. The predicted octanol–water partition coefficient (Wildman–Crippen LogP) is 3.28. The molecule has 1 aromatic rings. The quantitative estimate of drug-likeness (QED) is 0.911. The number of hydrogen-bond acceptors (Lipinski definition) is 2. The lowest BCUT2D eigenvalue weighted by Gasteiger charge is -2.22. The van der Waals surface area contributed by atoms with E-state index in [0.717, 1.165) is 24.7 Å². The molecule has 0 saturated carbocycles. The van der Waals surface area contributed by atoms with Crippen LogP contribution in [0.1, 0.15) is 18.4 Å². The molecule has 1 heterocycles. The summed E-state index contributed by atoms with van der Waals surface area (Å²) in [5, 5.41) is 4.17. The van der Waals surface area contributed by atoms with Gasteiger partial charge >= 0.3 is 0 Å². The van der Waals surface area contributed by atoms with E-state index in [-0.39, 0.29) is 12.4 Å². The van der Waals surface area contributed by atoms with Crippen LogP contribution in [0.2, 0.25) is 5.02 Å². The average Bonchev–Trinajstić information content (AvgIpc) is 2.33. The Bertz CT molecular complexity index is 310. The van der Waals surface area contributed by atoms with E-state index < -0.39 is 0 Å². The zero-order chi connectivity index (χ0) is 11.2. The van der Waals surface area contributed by atoms with Gasteiger partial charge in [-0.1, -0.05) is 23.7 Å². The van der Waals surface area contributed by atoms with Crippen molar-refractivity contribution < 1.29 is 4.74 Å². The highest BCUT2D eigenvalue weighted by Crippen LogP contribution is 2.13. The minimum atomic E-state index is 0. The molecular weight excluding hydrogens is 257 g/mol. The van der Waals surface area contributed by atoms with Crippen LogP contribution >= 0.6 is 24.0 Å². The molecule has 2 nitrogen and oxygen atoms in total. The Morgan fingerprint density at radius 3 is 2.71 bits per heavy atom. The number of ether oxygens (including phenoxy) is 1. The van der Waals surface area contributed by atoms with Crippen LogP contribution in [0.25, 0.3) is 0 Å². The standard InChI is InChI=1S/C13H18ClNO.ClH/c14-13-5-3-11(4-6-13)9-16-10-12-2-1-7-15-8-12;/h3-6,12,15H,1-2,7-10H2;1H. The molecule has 1 aliphatic heterocycles. The van der Waals surface area contributed by atoms with Gasteiger partial charge in [-0.2, -0.15) is 0 Å². The van der Waals surface area contributed by atoms with Crippen molar-refractivity contribution >= 4 is 24.0 Å². The minimum absolute atomic E-state index is 0. The molecule has 0 amide bonds. The molecule has 1 aromatic carbocycles. The highest BCUT2D eigenvalue weighted by Gasteiger charge is 2.12. The fourth-order valence-corrected chi connectivity index (χ4v) is 2.12. The summed E-state index contributed by atoms with van der Waals surface area (Å²) in [5.41, 5.74) is 1.19. The van der Waals surface area contributed by atoms with E-state index in [1.807, 2.05) is 24.3 Å². The molecular formula is C13H19Cl2NO. The van der Waals surface area contributed by atoms with E-state index in [4.69, 9.17) is 16.3 Å². The summed E-state index contributed by atoms with van der Waals surface area (Å²) in [4.78, 5) is 0. The van der Waals surface area contributed by atoms with Crippen LogP contribution in [-0.4, -0.2) is 19.7 Å². The van der Waals surface area contributed by atoms with Crippen LogP contribution in [0.3, 0.4) is 0 Å². The first kappa shape index (κ1) is 14.8. The Morgan fingerprint density at radius 1 is 1.29 bits per heavy atom. The van der Waals surface area contributed by atoms with E-state index in [0.29, 0.717) is 12.5 Å². The van der Waals surface area contributed by atoms with Gasteiger partial charge in [-0.25, -0.2) is 0 Å². The van der Waals surface area contributed by atoms with Crippen molar-refractivity contribution in [2.45, 2.75) is 19.4 Å². The second kappa shape index (κ2) is 7.93. The number of benzene rings is 1. The van der Waals surface area contributed by atoms with E-state index in [1.165, 1.54) is 18.4 Å². The highest BCUT2D eigenvalue weighted by atomic mass is 35.5. The highest BCUT2D eigenvalue weighted by molar-refractivity contribution is 6.30. The molecule has 0 aliphatic carbocycles. The Hall–Kier alpha value is -0.280. The van der Waals surface area contributed by atoms with Crippen molar-refractivity contribution in [2.24, 2.45) is 5.92 Å². The monoisotopic (exact) mass is 275 g/mol. The first-order valence-corrected chi connectivity index (χ1v) is 6.25. The van der Waals surface area contributed by atoms with E-state index in [2.05, 4.69) is 5.32 Å². The molecule has 0 aromatic heterocycles. The Morgan fingerprint density at radius 2 is 2.06 bits per heavy atom. The second-order valence-corrected chi connectivity index (χ2v) is 4.79. The molecule has 1 unspecified atom stereocenters. The third-order valence-corrected chi connectivity index (χ3v) is 3.19. The second-order valence-electron chi connectivity index (χ2n) is 4.35. The molecule has 0 radical (unpaired) electrons. The van der Waals surface area contributed by atoms with Gasteiger partial charge in [-0.3, -0.25) is 0 Å². The summed E-state index contributed by atoms with van der Waals surface area (Å²) in [7, 11) is 0. The lowest BCUT2D eigenvalue weighted by molar-refractivity contribution is 0.0783. The number of piperidine rings is 1. The first-order chi connectivity index (χ1) is 7.84. The van der Waals surface area contributed by atoms with Gasteiger partial charge in [0.1, 0.15) is 0 Å². The molecule has 2 rings (SSSR count). The van der Waals surface area contributed by atoms with E-state index in [1.54, 1.807) is 0 Å². The Labute approximate surface area is 114 Å². The van der Waals surface area contributed by atoms with Crippen LogP contribution in [0, 0.1) is 5.92 Å². The first-order valence-electron chi connectivity index (χ1n) is 5.87. The third kappa shape index (κ3) is 5.26. The van der Waals surface area contributed by atoms with Crippen LogP contribution in [0.15, 0.2) is 24.3 Å². The van der Waals surface area contributed by atoms with Crippen molar-refractivity contribution in [1.82, 2.24) is 5.32 Å². The SMILES string of the molecule is Cl.Clc1ccc(COCC2CCCNC2)cc1. The molecule has 1 aliphatic rings. The Kier molecular flexibility index (Phi) is 6.90. The fraction of sp³-hybridized carbons (Fsp3) is 0.538. The van der Waals surface area contributed by atoms with Crippen LogP contribution < -0.4 is 5.32 Å². The van der Waals surface area contributed by atoms with E-state index >= 15 is 0 Å². The Balaban J connectivity index is 0.00000144. The zero-order valence-corrected chi connectivity index (χ0v) is 11.4. The molecule has 96 valence electrons. The normalized spacial score (nSPS) is 19.7. The number of hydrogen-bond donors (Lipinski definition) is 1. The number of rotatable bonds is 4. The van der Waals surface area contributed by atoms with Gasteiger partial charge in [0, 0.05) is 11.6 Å². The van der Waals surface area contributed by atoms with Crippen molar-refractivity contribution in [3.63, 3.8) is 0 Å². The van der Waals surface area contributed by atoms with Crippen molar-refractivity contribution in [1.29, 1.82) is 0 Å². The van der Waals surface area contributed by atoms with Crippen LogP contribution in [0.5, 0.6) is 0 Å². The lowest BCUT2D eigenvalue weighted by Crippen LogP contribution is -2.32. The average molecular weight is 276 g/mol. The summed E-state index contributed by atoms with van der Waals surface area (Å²) < 4.78 is 5.72. The molecule has 17 heavy (non-hydrogen) atoms. The maximum Gasteiger partial charge on any atom is 0.0717 e. The van der Waals surface area contributed by atoms with E-state index in [9.17, 15) is 0 Å². The summed E-state index contributed by atoms with van der Waals surface area (Å²) in [6.45, 7) is 3.80. The summed E-state index contributed by atoms with van der Waals surface area (Å²) in [5.74, 6) is 0.682. The van der Waals surface area contributed by atoms with Gasteiger partial charge in [-0.15, -0.1) is 12.4 Å². The number of nitrogens with one attached hydrogen (secondary N) is 1. The van der Waals surface area contributed by atoms with Gasteiger partial charge in [0.2, 0.25) is 0 Å². The lowest BCUT2D eigenvalue weighted by atomic mass is 10.0. The van der Waals surface area contributed by atoms with Gasteiger partial charge in [0.25, 0.3) is 0 Å². The molecule has 1 fully saturated rings. The molecule has 1 atom stereocenters. The van der Waals surface area contributed by atoms with Gasteiger partial charge in [0.15, 0.2) is 0 Å². The largest absolute Gasteiger partial charge is 0.376 e. The van der Waals surface area contributed by atoms with Crippen molar-refractivity contribution in [2.75, 3.05) is 19.7 Å². The third-order valence-electron chi connectivity index (χ3n) is 2.93. The maximum absolute atomic E-state index is 5.82.